The normalized spacial score (nSPS) is 24.8. The van der Waals surface area contributed by atoms with Crippen molar-refractivity contribution in [1.82, 2.24) is 0 Å². The number of aliphatic hydroxyl groups is 2. The summed E-state index contributed by atoms with van der Waals surface area (Å²) in [5.74, 6) is -0.129. The van der Waals surface area contributed by atoms with Crippen LogP contribution in [-0.4, -0.2) is 36.1 Å². The molecule has 2 N–H and O–H groups in total. The minimum atomic E-state index is -0.589. The van der Waals surface area contributed by atoms with Crippen LogP contribution in [0.25, 0.3) is 0 Å². The van der Waals surface area contributed by atoms with E-state index in [1.165, 1.54) is 0 Å². The maximum absolute atomic E-state index is 10.5. The summed E-state index contributed by atoms with van der Waals surface area (Å²) >= 11 is 0. The van der Waals surface area contributed by atoms with Crippen molar-refractivity contribution in [3.63, 3.8) is 0 Å². The Morgan fingerprint density at radius 1 is 0.704 bits per heavy atom. The standard InChI is InChI=1S/C23H28O4/c24-13-20-11-12-23(25)22(17-27-15-19-9-5-2-6-10-19)21(20)16-26-14-18-7-3-1-4-8-18/h1-12,20-25H,13-17H2/t20-,21-,22-,23-/m0/s1. The molecule has 0 fully saturated rings. The highest BCUT2D eigenvalue weighted by atomic mass is 16.5. The van der Waals surface area contributed by atoms with Crippen molar-refractivity contribution in [1.29, 1.82) is 0 Å². The van der Waals surface area contributed by atoms with Crippen molar-refractivity contribution in [3.8, 4) is 0 Å². The molecule has 4 heteroatoms. The van der Waals surface area contributed by atoms with Gasteiger partial charge in [-0.05, 0) is 17.0 Å². The van der Waals surface area contributed by atoms with Crippen LogP contribution >= 0.6 is 0 Å². The molecule has 0 aliphatic heterocycles. The quantitative estimate of drug-likeness (QED) is 0.668. The molecule has 0 unspecified atom stereocenters. The minimum absolute atomic E-state index is 0.00878. The fourth-order valence-corrected chi connectivity index (χ4v) is 3.55. The molecule has 0 saturated heterocycles. The van der Waals surface area contributed by atoms with Crippen LogP contribution in [0.15, 0.2) is 72.8 Å². The minimum Gasteiger partial charge on any atom is -0.396 e. The Morgan fingerprint density at radius 3 is 1.74 bits per heavy atom. The highest BCUT2D eigenvalue weighted by Crippen LogP contribution is 2.31. The molecule has 1 aliphatic rings. The Bertz CT molecular complexity index is 686. The van der Waals surface area contributed by atoms with Crippen LogP contribution < -0.4 is 0 Å². The molecular formula is C23H28O4. The lowest BCUT2D eigenvalue weighted by Crippen LogP contribution is -2.41. The molecule has 0 amide bonds. The first kappa shape index (κ1) is 19.8. The van der Waals surface area contributed by atoms with Crippen molar-refractivity contribution in [3.05, 3.63) is 83.9 Å². The Morgan fingerprint density at radius 2 is 1.22 bits per heavy atom. The summed E-state index contributed by atoms with van der Waals surface area (Å²) in [6, 6.07) is 20.0. The molecule has 0 aromatic heterocycles. The van der Waals surface area contributed by atoms with Gasteiger partial charge in [0.1, 0.15) is 0 Å². The molecule has 0 bridgehead atoms. The predicted octanol–water partition coefficient (Wildman–Crippen LogP) is 3.19. The van der Waals surface area contributed by atoms with Crippen LogP contribution in [-0.2, 0) is 22.7 Å². The van der Waals surface area contributed by atoms with Crippen LogP contribution in [0.4, 0.5) is 0 Å². The lowest BCUT2D eigenvalue weighted by Gasteiger charge is -2.36. The Labute approximate surface area is 161 Å². The first-order chi connectivity index (χ1) is 13.3. The zero-order chi connectivity index (χ0) is 18.9. The fraction of sp³-hybridized carbons (Fsp3) is 0.391. The van der Waals surface area contributed by atoms with Gasteiger partial charge in [0.25, 0.3) is 0 Å². The zero-order valence-electron chi connectivity index (χ0n) is 15.5. The van der Waals surface area contributed by atoms with E-state index in [1.54, 1.807) is 6.08 Å². The van der Waals surface area contributed by atoms with E-state index in [4.69, 9.17) is 9.47 Å². The lowest BCUT2D eigenvalue weighted by atomic mass is 9.75. The summed E-state index contributed by atoms with van der Waals surface area (Å²) in [6.07, 6.45) is 3.08. The Balaban J connectivity index is 1.57. The maximum Gasteiger partial charge on any atom is 0.0774 e. The van der Waals surface area contributed by atoms with Gasteiger partial charge in [-0.2, -0.15) is 0 Å². The van der Waals surface area contributed by atoms with E-state index < -0.39 is 6.10 Å². The zero-order valence-corrected chi connectivity index (χ0v) is 15.5. The monoisotopic (exact) mass is 368 g/mol. The van der Waals surface area contributed by atoms with Gasteiger partial charge < -0.3 is 19.7 Å². The molecule has 0 heterocycles. The van der Waals surface area contributed by atoms with Crippen LogP contribution in [0.2, 0.25) is 0 Å². The van der Waals surface area contributed by atoms with Gasteiger partial charge in [0, 0.05) is 18.4 Å². The van der Waals surface area contributed by atoms with E-state index in [1.807, 2.05) is 66.7 Å². The molecule has 4 nitrogen and oxygen atoms in total. The van der Waals surface area contributed by atoms with Crippen molar-refractivity contribution < 1.29 is 19.7 Å². The summed E-state index contributed by atoms with van der Waals surface area (Å²) in [7, 11) is 0. The van der Waals surface area contributed by atoms with Gasteiger partial charge in [-0.1, -0.05) is 72.8 Å². The largest absolute Gasteiger partial charge is 0.396 e. The summed E-state index contributed by atoms with van der Waals surface area (Å²) in [5.41, 5.74) is 2.22. The van der Waals surface area contributed by atoms with Gasteiger partial charge in [0.15, 0.2) is 0 Å². The molecular weight excluding hydrogens is 340 g/mol. The van der Waals surface area contributed by atoms with E-state index >= 15 is 0 Å². The molecule has 144 valence electrons. The van der Waals surface area contributed by atoms with Crippen molar-refractivity contribution in [2.45, 2.75) is 19.3 Å². The number of ether oxygens (including phenoxy) is 2. The third-order valence-electron chi connectivity index (χ3n) is 5.15. The molecule has 27 heavy (non-hydrogen) atoms. The van der Waals surface area contributed by atoms with Gasteiger partial charge >= 0.3 is 0 Å². The van der Waals surface area contributed by atoms with Gasteiger partial charge in [-0.3, -0.25) is 0 Å². The first-order valence-corrected chi connectivity index (χ1v) is 9.48. The second-order valence-corrected chi connectivity index (χ2v) is 7.05. The second kappa shape index (κ2) is 10.4. The maximum atomic E-state index is 10.5. The second-order valence-electron chi connectivity index (χ2n) is 7.05. The van der Waals surface area contributed by atoms with E-state index in [0.717, 1.165) is 11.1 Å². The lowest BCUT2D eigenvalue weighted by molar-refractivity contribution is -0.0439. The average Bonchev–Trinajstić information content (AvgIpc) is 2.71. The highest BCUT2D eigenvalue weighted by Gasteiger charge is 2.35. The topological polar surface area (TPSA) is 58.9 Å². The Kier molecular flexibility index (Phi) is 7.60. The molecule has 2 aromatic carbocycles. The number of rotatable bonds is 9. The van der Waals surface area contributed by atoms with Crippen molar-refractivity contribution in [2.24, 2.45) is 17.8 Å². The fourth-order valence-electron chi connectivity index (χ4n) is 3.55. The van der Waals surface area contributed by atoms with Crippen LogP contribution in [0, 0.1) is 17.8 Å². The summed E-state index contributed by atoms with van der Waals surface area (Å²) < 4.78 is 11.8. The van der Waals surface area contributed by atoms with E-state index in [9.17, 15) is 10.2 Å². The molecule has 0 spiro atoms. The van der Waals surface area contributed by atoms with Gasteiger partial charge in [0.2, 0.25) is 0 Å². The number of aliphatic hydroxyl groups excluding tert-OH is 2. The number of hydrogen-bond donors (Lipinski definition) is 2. The summed E-state index contributed by atoms with van der Waals surface area (Å²) in [6.45, 7) is 1.97. The van der Waals surface area contributed by atoms with Crippen molar-refractivity contribution in [2.75, 3.05) is 19.8 Å². The predicted molar refractivity (Wildman–Crippen MR) is 105 cm³/mol. The van der Waals surface area contributed by atoms with Gasteiger partial charge in [0.05, 0.1) is 32.5 Å². The third-order valence-corrected chi connectivity index (χ3v) is 5.15. The van der Waals surface area contributed by atoms with Crippen molar-refractivity contribution >= 4 is 0 Å². The number of hydrogen-bond acceptors (Lipinski definition) is 4. The molecule has 2 aromatic rings. The average molecular weight is 368 g/mol. The SMILES string of the molecule is OC[C@@H]1C=C[C@H](O)[C@@H](COCc2ccccc2)[C@H]1COCc1ccccc1. The van der Waals surface area contributed by atoms with Gasteiger partial charge in [-0.15, -0.1) is 0 Å². The molecule has 0 saturated carbocycles. The van der Waals surface area contributed by atoms with E-state index in [-0.39, 0.29) is 24.4 Å². The third kappa shape index (κ3) is 5.75. The summed E-state index contributed by atoms with van der Waals surface area (Å²) in [5, 5.41) is 20.2. The summed E-state index contributed by atoms with van der Waals surface area (Å²) in [4.78, 5) is 0. The smallest absolute Gasteiger partial charge is 0.0774 e. The van der Waals surface area contributed by atoms with Crippen LogP contribution in [0.5, 0.6) is 0 Å². The molecule has 4 atom stereocenters. The number of benzene rings is 2. The molecule has 0 radical (unpaired) electrons. The first-order valence-electron chi connectivity index (χ1n) is 9.48. The van der Waals surface area contributed by atoms with Crippen LogP contribution in [0.1, 0.15) is 11.1 Å². The van der Waals surface area contributed by atoms with Crippen LogP contribution in [0.3, 0.4) is 0 Å². The van der Waals surface area contributed by atoms with E-state index in [0.29, 0.717) is 26.4 Å². The van der Waals surface area contributed by atoms with Gasteiger partial charge in [-0.25, -0.2) is 0 Å². The Hall–Kier alpha value is -1.98. The molecule has 1 aliphatic carbocycles. The molecule has 3 rings (SSSR count). The van der Waals surface area contributed by atoms with E-state index in [2.05, 4.69) is 0 Å². The highest BCUT2D eigenvalue weighted by molar-refractivity contribution is 5.14.